The van der Waals surface area contributed by atoms with E-state index in [9.17, 15) is 0 Å². The monoisotopic (exact) mass is 223 g/mol. The molecule has 0 aliphatic heterocycles. The van der Waals surface area contributed by atoms with Gasteiger partial charge in [-0.25, -0.2) is 0 Å². The highest BCUT2D eigenvalue weighted by Gasteiger charge is 2.24. The van der Waals surface area contributed by atoms with Crippen molar-refractivity contribution in [2.75, 3.05) is 5.73 Å². The zero-order valence-electron chi connectivity index (χ0n) is 10.1. The number of nitrogen functional groups attached to an aromatic ring is 1. The molecule has 1 aromatic rings. The first-order valence-corrected chi connectivity index (χ1v) is 6.17. The van der Waals surface area contributed by atoms with Gasteiger partial charge in [0.1, 0.15) is 10.5 Å². The average Bonchev–Trinajstić information content (AvgIpc) is 2.21. The fraction of sp³-hybridized carbons (Fsp3) is 0.500. The lowest BCUT2D eigenvalue weighted by Crippen LogP contribution is -2.33. The van der Waals surface area contributed by atoms with E-state index >= 15 is 0 Å². The van der Waals surface area contributed by atoms with Gasteiger partial charge in [-0.1, -0.05) is 19.1 Å². The lowest BCUT2D eigenvalue weighted by atomic mass is 9.87. The maximum absolute atomic E-state index is 5.65. The van der Waals surface area contributed by atoms with Crippen LogP contribution in [-0.2, 0) is 10.8 Å². The summed E-state index contributed by atoms with van der Waals surface area (Å²) >= 11 is 0. The van der Waals surface area contributed by atoms with Gasteiger partial charge in [0.2, 0.25) is 0 Å². The fourth-order valence-electron chi connectivity index (χ4n) is 1.45. The van der Waals surface area contributed by atoms with E-state index in [0.29, 0.717) is 5.92 Å². The Balaban J connectivity index is 2.66. The highest BCUT2D eigenvalue weighted by molar-refractivity contribution is 5.98. The van der Waals surface area contributed by atoms with Crippen molar-refractivity contribution in [2.45, 2.75) is 32.8 Å². The van der Waals surface area contributed by atoms with E-state index in [1.807, 2.05) is 12.1 Å². The molecular weight excluding hydrogens is 202 g/mol. The van der Waals surface area contributed by atoms with Gasteiger partial charge in [-0.05, 0) is 43.9 Å². The molecule has 0 saturated carbocycles. The normalized spacial score (nSPS) is 14.1. The van der Waals surface area contributed by atoms with Crippen molar-refractivity contribution in [2.24, 2.45) is 5.92 Å². The Morgan fingerprint density at radius 1 is 1.33 bits per heavy atom. The lowest BCUT2D eigenvalue weighted by molar-refractivity contribution is 0.0619. The Labute approximate surface area is 95.4 Å². The van der Waals surface area contributed by atoms with Crippen LogP contribution in [0, 0.1) is 5.92 Å². The van der Waals surface area contributed by atoms with Gasteiger partial charge in [-0.3, -0.25) is 0 Å². The van der Waals surface area contributed by atoms with Gasteiger partial charge in [0.05, 0.1) is 5.60 Å². The van der Waals surface area contributed by atoms with Crippen LogP contribution in [0.25, 0.3) is 0 Å². The number of hydrogen-bond donors (Lipinski definition) is 1. The molecule has 0 aromatic heterocycles. The topological polar surface area (TPSA) is 35.2 Å². The maximum Gasteiger partial charge on any atom is 0.146 e. The summed E-state index contributed by atoms with van der Waals surface area (Å²) in [4.78, 5) is 0. The van der Waals surface area contributed by atoms with E-state index in [1.54, 1.807) is 0 Å². The molecule has 1 atom stereocenters. The second-order valence-electron chi connectivity index (χ2n) is 4.65. The molecule has 0 amide bonds. The third-order valence-electron chi connectivity index (χ3n) is 3.23. The second kappa shape index (κ2) is 4.81. The first-order chi connectivity index (χ1) is 6.95. The van der Waals surface area contributed by atoms with Gasteiger partial charge >= 0.3 is 0 Å². The predicted molar refractivity (Wildman–Crippen MR) is 68.8 cm³/mol. The van der Waals surface area contributed by atoms with E-state index in [0.717, 1.165) is 22.6 Å². The molecule has 1 aromatic carbocycles. The Morgan fingerprint density at radius 2 is 1.87 bits per heavy atom. The van der Waals surface area contributed by atoms with E-state index < -0.39 is 0 Å². The van der Waals surface area contributed by atoms with Crippen molar-refractivity contribution in [3.63, 3.8) is 0 Å². The zero-order chi connectivity index (χ0) is 11.5. The summed E-state index contributed by atoms with van der Waals surface area (Å²) in [5.74, 6) is 0.513. The summed E-state index contributed by atoms with van der Waals surface area (Å²) in [6, 6.07) is 8.09. The molecule has 2 nitrogen and oxygen atoms in total. The first kappa shape index (κ1) is 12.3. The largest absolute Gasteiger partial charge is 0.423 e. The third kappa shape index (κ3) is 3.36. The van der Waals surface area contributed by atoms with Crippen molar-refractivity contribution in [1.29, 1.82) is 0 Å². The van der Waals surface area contributed by atoms with Crippen LogP contribution in [0.15, 0.2) is 24.3 Å². The minimum atomic E-state index is -0.0202. The Morgan fingerprint density at radius 3 is 2.33 bits per heavy atom. The van der Waals surface area contributed by atoms with Crippen LogP contribution in [0.1, 0.15) is 26.3 Å². The standard InChI is InChI=1S/C12H21NOSi/c1-9(12(2,3)14-15)8-10-4-6-11(13)7-5-10/h4-7,9H,8,13H2,1-3,15H3. The molecule has 1 unspecified atom stereocenters. The quantitative estimate of drug-likeness (QED) is 0.620. The average molecular weight is 223 g/mol. The molecule has 1 rings (SSSR count). The number of hydrogen-bond acceptors (Lipinski definition) is 2. The van der Waals surface area contributed by atoms with Gasteiger partial charge in [0.15, 0.2) is 0 Å². The summed E-state index contributed by atoms with van der Waals surface area (Å²) in [7, 11) is 0.791. The number of nitrogens with two attached hydrogens (primary N) is 1. The number of benzene rings is 1. The van der Waals surface area contributed by atoms with Crippen molar-refractivity contribution in [1.82, 2.24) is 0 Å². The molecule has 0 radical (unpaired) electrons. The van der Waals surface area contributed by atoms with E-state index in [1.165, 1.54) is 5.56 Å². The van der Waals surface area contributed by atoms with Crippen molar-refractivity contribution < 1.29 is 4.43 Å². The van der Waals surface area contributed by atoms with Gasteiger partial charge in [0, 0.05) is 5.69 Å². The van der Waals surface area contributed by atoms with Gasteiger partial charge < -0.3 is 10.2 Å². The lowest BCUT2D eigenvalue weighted by Gasteiger charge is -2.31. The smallest absolute Gasteiger partial charge is 0.146 e. The van der Waals surface area contributed by atoms with Gasteiger partial charge in [0.25, 0.3) is 0 Å². The van der Waals surface area contributed by atoms with E-state index in [2.05, 4.69) is 32.9 Å². The summed E-state index contributed by atoms with van der Waals surface area (Å²) < 4.78 is 5.61. The van der Waals surface area contributed by atoms with Gasteiger partial charge in [-0.15, -0.1) is 0 Å². The van der Waals surface area contributed by atoms with Gasteiger partial charge in [-0.2, -0.15) is 0 Å². The molecule has 15 heavy (non-hydrogen) atoms. The number of anilines is 1. The minimum absolute atomic E-state index is 0.0202. The van der Waals surface area contributed by atoms with E-state index in [4.69, 9.17) is 10.2 Å². The zero-order valence-corrected chi connectivity index (χ0v) is 12.1. The molecule has 0 fully saturated rings. The molecule has 0 aliphatic carbocycles. The van der Waals surface area contributed by atoms with Crippen molar-refractivity contribution in [3.8, 4) is 0 Å². The Bertz CT molecular complexity index is 308. The summed E-state index contributed by atoms with van der Waals surface area (Å²) in [5, 5.41) is 0. The molecule has 0 bridgehead atoms. The van der Waals surface area contributed by atoms with Crippen molar-refractivity contribution in [3.05, 3.63) is 29.8 Å². The van der Waals surface area contributed by atoms with Crippen LogP contribution in [-0.4, -0.2) is 16.1 Å². The summed E-state index contributed by atoms with van der Waals surface area (Å²) in [5.41, 5.74) is 7.78. The molecule has 84 valence electrons. The van der Waals surface area contributed by atoms with Crippen LogP contribution in [0.2, 0.25) is 0 Å². The summed E-state index contributed by atoms with van der Waals surface area (Å²) in [6.45, 7) is 6.54. The Hall–Kier alpha value is -0.803. The SMILES string of the molecule is CC(Cc1ccc(N)cc1)C(C)(C)O[SiH3]. The van der Waals surface area contributed by atoms with E-state index in [-0.39, 0.29) is 5.60 Å². The summed E-state index contributed by atoms with van der Waals surface area (Å²) in [6.07, 6.45) is 1.04. The third-order valence-corrected chi connectivity index (χ3v) is 4.29. The molecule has 0 aliphatic rings. The second-order valence-corrected chi connectivity index (χ2v) is 5.06. The van der Waals surface area contributed by atoms with Crippen LogP contribution >= 0.6 is 0 Å². The van der Waals surface area contributed by atoms with Crippen LogP contribution < -0.4 is 5.73 Å². The molecule has 0 spiro atoms. The molecular formula is C12H21NOSi. The first-order valence-electron chi connectivity index (χ1n) is 5.35. The number of rotatable bonds is 4. The molecule has 0 saturated heterocycles. The molecule has 0 heterocycles. The fourth-order valence-corrected chi connectivity index (χ4v) is 1.86. The van der Waals surface area contributed by atoms with Crippen LogP contribution in [0.4, 0.5) is 5.69 Å². The minimum Gasteiger partial charge on any atom is -0.423 e. The van der Waals surface area contributed by atoms with Crippen LogP contribution in [0.5, 0.6) is 0 Å². The highest BCUT2D eigenvalue weighted by atomic mass is 28.2. The van der Waals surface area contributed by atoms with Crippen molar-refractivity contribution >= 4 is 16.2 Å². The molecule has 2 N–H and O–H groups in total. The van der Waals surface area contributed by atoms with Crippen LogP contribution in [0.3, 0.4) is 0 Å². The highest BCUT2D eigenvalue weighted by Crippen LogP contribution is 2.23. The molecule has 3 heteroatoms. The predicted octanol–water partition coefficient (Wildman–Crippen LogP) is 1.52. The Kier molecular flexibility index (Phi) is 3.94. The maximum atomic E-state index is 5.65.